The Morgan fingerprint density at radius 1 is 0.727 bits per heavy atom. The number of hydrogen-bond donors (Lipinski definition) is 1. The average Bonchev–Trinajstić information content (AvgIpc) is 2.85. The summed E-state index contributed by atoms with van der Waals surface area (Å²) < 4.78 is 29.9. The van der Waals surface area contributed by atoms with Crippen LogP contribution >= 0.6 is 0 Å². The van der Waals surface area contributed by atoms with Crippen LogP contribution in [0.25, 0.3) is 4.72 Å². The number of benzene rings is 4. The Morgan fingerprint density at radius 3 is 1.67 bits per heavy atom. The Bertz CT molecular complexity index is 1140. The van der Waals surface area contributed by atoms with E-state index < -0.39 is 22.1 Å². The van der Waals surface area contributed by atoms with E-state index in [1.807, 2.05) is 97.9 Å². The van der Waals surface area contributed by atoms with E-state index in [-0.39, 0.29) is 24.4 Å². The van der Waals surface area contributed by atoms with Crippen LogP contribution in [0.5, 0.6) is 0 Å². The van der Waals surface area contributed by atoms with E-state index in [0.29, 0.717) is 0 Å². The van der Waals surface area contributed by atoms with Crippen molar-refractivity contribution >= 4 is 10.0 Å². The van der Waals surface area contributed by atoms with Crippen molar-refractivity contribution in [3.8, 4) is 0 Å². The average molecular weight is 545 g/mol. The van der Waals surface area contributed by atoms with E-state index in [1.54, 1.807) is 24.3 Å². The van der Waals surface area contributed by atoms with Gasteiger partial charge in [-0.25, -0.2) is 8.42 Å². The summed E-state index contributed by atoms with van der Waals surface area (Å²) in [7, 11) is -3.83. The molecule has 0 aliphatic rings. The third-order valence-corrected chi connectivity index (χ3v) is 6.22. The summed E-state index contributed by atoms with van der Waals surface area (Å²) in [4.78, 5) is 0.171. The van der Waals surface area contributed by atoms with E-state index in [4.69, 9.17) is 5.73 Å². The van der Waals surface area contributed by atoms with E-state index in [1.165, 1.54) is 0 Å². The number of aryl methyl sites for hydroxylation is 1. The molecule has 4 aromatic carbocycles. The van der Waals surface area contributed by atoms with Crippen molar-refractivity contribution in [1.82, 2.24) is 0 Å². The quantitative estimate of drug-likeness (QED) is 0.249. The third-order valence-electron chi connectivity index (χ3n) is 4.84. The van der Waals surface area contributed by atoms with Crippen LogP contribution in [-0.4, -0.2) is 8.42 Å². The van der Waals surface area contributed by atoms with Crippen LogP contribution in [0.4, 0.5) is 0 Å². The predicted octanol–water partition coefficient (Wildman–Crippen LogP) is 5.72. The molecular weight excluding hydrogens is 517 g/mol. The Kier molecular flexibility index (Phi) is 10.6. The fourth-order valence-electron chi connectivity index (χ4n) is 3.10. The summed E-state index contributed by atoms with van der Waals surface area (Å²) in [6.07, 6.45) is 0. The number of rotatable bonds is 6. The molecule has 0 heterocycles. The Morgan fingerprint density at radius 2 is 1.21 bits per heavy atom. The molecule has 2 atom stereocenters. The molecule has 0 radical (unpaired) electrons. The second-order valence-corrected chi connectivity index (χ2v) is 8.90. The largest absolute Gasteiger partial charge is 0.184 e. The smallest absolute Gasteiger partial charge is 0.171 e. The van der Waals surface area contributed by atoms with Gasteiger partial charge in [0.2, 0.25) is 0 Å². The van der Waals surface area contributed by atoms with Gasteiger partial charge < -0.3 is 10.5 Å². The number of sulfonamides is 1. The zero-order valence-corrected chi connectivity index (χ0v) is 20.9. The van der Waals surface area contributed by atoms with Crippen molar-refractivity contribution in [1.29, 1.82) is 0 Å². The molecule has 6 heteroatoms. The molecule has 0 spiro atoms. The first kappa shape index (κ1) is 26.6. The van der Waals surface area contributed by atoms with Crippen molar-refractivity contribution in [2.24, 2.45) is 5.73 Å². The van der Waals surface area contributed by atoms with Gasteiger partial charge >= 0.3 is 19.5 Å². The van der Waals surface area contributed by atoms with Gasteiger partial charge in [-0.2, -0.15) is 36.4 Å². The minimum atomic E-state index is -3.83. The van der Waals surface area contributed by atoms with Crippen LogP contribution in [0.2, 0.25) is 0 Å². The third kappa shape index (κ3) is 8.02. The molecule has 2 unspecified atom stereocenters. The summed E-state index contributed by atoms with van der Waals surface area (Å²) >= 11 is 0. The zero-order valence-electron chi connectivity index (χ0n) is 18.3. The zero-order chi connectivity index (χ0) is 22.8. The fourth-order valence-corrected chi connectivity index (χ4v) is 4.26. The molecule has 0 saturated heterocycles. The van der Waals surface area contributed by atoms with Crippen molar-refractivity contribution in [3.05, 3.63) is 143 Å². The summed E-state index contributed by atoms with van der Waals surface area (Å²) in [5.74, 6) is 0. The molecular formula is C27H27N2O2RuS. The first-order valence-electron chi connectivity index (χ1n) is 10.3. The van der Waals surface area contributed by atoms with E-state index >= 15 is 0 Å². The van der Waals surface area contributed by atoms with Gasteiger partial charge in [0.25, 0.3) is 0 Å². The minimum absolute atomic E-state index is 0. The maximum atomic E-state index is 12.8. The van der Waals surface area contributed by atoms with E-state index in [0.717, 1.165) is 16.7 Å². The van der Waals surface area contributed by atoms with Crippen molar-refractivity contribution in [2.75, 3.05) is 0 Å². The number of nitrogens with zero attached hydrogens (tertiary/aromatic N) is 1. The van der Waals surface area contributed by atoms with Gasteiger partial charge in [-0.15, -0.1) is 0 Å². The number of nitrogens with two attached hydrogens (primary N) is 1. The van der Waals surface area contributed by atoms with Gasteiger partial charge in [0.15, 0.2) is 0 Å². The molecule has 0 aliphatic heterocycles. The second-order valence-electron chi connectivity index (χ2n) is 7.26. The molecule has 171 valence electrons. The fraction of sp³-hybridized carbons (Fsp3) is 0.111. The van der Waals surface area contributed by atoms with Gasteiger partial charge in [0.1, 0.15) is 10.0 Å². The standard InChI is InChI=1S/C21H21N2O2S.C6H5.Ru.H/c1-16-12-14-19(15-13-16)26(24,25)23-21(18-10-6-3-7-11-18)20(22)17-8-4-2-5-9-17;1-2-4-6-5-3-1;;/h2-15,20-21H,22H2,1H3;1-5H;;/q2*-1;+2;. The molecule has 0 saturated carbocycles. The first-order chi connectivity index (χ1) is 15.5. The summed E-state index contributed by atoms with van der Waals surface area (Å²) in [6.45, 7) is 1.91. The van der Waals surface area contributed by atoms with Crippen LogP contribution in [0, 0.1) is 13.0 Å². The van der Waals surface area contributed by atoms with Crippen LogP contribution < -0.4 is 5.73 Å². The van der Waals surface area contributed by atoms with Gasteiger partial charge in [0, 0.05) is 10.9 Å². The molecule has 0 aliphatic carbocycles. The molecule has 0 bridgehead atoms. The normalized spacial score (nSPS) is 12.4. The van der Waals surface area contributed by atoms with Gasteiger partial charge in [0.05, 0.1) is 0 Å². The van der Waals surface area contributed by atoms with Crippen molar-refractivity contribution in [2.45, 2.75) is 23.9 Å². The predicted molar refractivity (Wildman–Crippen MR) is 131 cm³/mol. The van der Waals surface area contributed by atoms with Gasteiger partial charge in [-0.1, -0.05) is 90.0 Å². The topological polar surface area (TPSA) is 74.3 Å². The van der Waals surface area contributed by atoms with Crippen LogP contribution in [-0.2, 0) is 29.5 Å². The van der Waals surface area contributed by atoms with Crippen LogP contribution in [0.3, 0.4) is 0 Å². The SMILES string of the molecule is Cc1ccc(S(=O)(=O)[N-]C(c2ccccc2)C(N)c2ccccc2)cc1.[RuH+2].[c-]1ccccc1. The van der Waals surface area contributed by atoms with E-state index in [2.05, 4.69) is 10.8 Å². The van der Waals surface area contributed by atoms with Gasteiger partial charge in [-0.05, 0) is 24.6 Å². The van der Waals surface area contributed by atoms with Crippen molar-refractivity contribution in [3.63, 3.8) is 0 Å². The molecule has 4 rings (SSSR count). The molecule has 2 N–H and O–H groups in total. The molecule has 0 aromatic heterocycles. The molecule has 4 aromatic rings. The number of hydrogen-bond acceptors (Lipinski definition) is 3. The van der Waals surface area contributed by atoms with Crippen LogP contribution in [0.1, 0.15) is 28.8 Å². The Labute approximate surface area is 209 Å². The van der Waals surface area contributed by atoms with Gasteiger partial charge in [-0.3, -0.25) is 0 Å². The monoisotopic (exact) mass is 545 g/mol. The summed E-state index contributed by atoms with van der Waals surface area (Å²) in [5.41, 5.74) is 9.01. The maximum Gasteiger partial charge on any atom is -0.171 e. The molecule has 33 heavy (non-hydrogen) atoms. The second kappa shape index (κ2) is 13.2. The summed E-state index contributed by atoms with van der Waals surface area (Å²) in [6, 6.07) is 36.6. The minimum Gasteiger partial charge on any atom is -0.184 e. The molecule has 4 nitrogen and oxygen atoms in total. The maximum absolute atomic E-state index is 12.8. The van der Waals surface area contributed by atoms with Crippen LogP contribution in [0.15, 0.2) is 120 Å². The molecule has 0 fully saturated rings. The van der Waals surface area contributed by atoms with E-state index in [9.17, 15) is 8.42 Å². The summed E-state index contributed by atoms with van der Waals surface area (Å²) in [5, 5.41) is 0. The Balaban J connectivity index is 0.000000479. The first-order valence-corrected chi connectivity index (χ1v) is 11.7. The van der Waals surface area contributed by atoms with Crippen molar-refractivity contribution < 1.29 is 27.9 Å². The molecule has 0 amide bonds. The Hall–Kier alpha value is -2.63.